The van der Waals surface area contributed by atoms with Crippen LogP contribution in [0.3, 0.4) is 0 Å². The number of rotatable bonds is 7. The van der Waals surface area contributed by atoms with E-state index in [4.69, 9.17) is 9.47 Å². The number of nitrogens with one attached hydrogen (secondary N) is 1. The van der Waals surface area contributed by atoms with Crippen molar-refractivity contribution in [3.05, 3.63) is 65.2 Å². The number of anilines is 1. The molecule has 1 amide bonds. The second-order valence-corrected chi connectivity index (χ2v) is 9.01. The Kier molecular flexibility index (Phi) is 7.39. The van der Waals surface area contributed by atoms with Crippen LogP contribution in [0.4, 0.5) is 5.69 Å². The van der Waals surface area contributed by atoms with Crippen molar-refractivity contribution in [2.75, 3.05) is 11.1 Å². The Bertz CT molecular complexity index is 1070. The minimum atomic E-state index is -0.571. The Morgan fingerprint density at radius 3 is 2.42 bits per heavy atom. The van der Waals surface area contributed by atoms with E-state index in [1.807, 2.05) is 55.6 Å². The molecule has 1 fully saturated rings. The second kappa shape index (κ2) is 10.4. The van der Waals surface area contributed by atoms with E-state index in [2.05, 4.69) is 27.8 Å². The Labute approximate surface area is 196 Å². The lowest BCUT2D eigenvalue weighted by Crippen LogP contribution is -2.38. The number of aliphatic hydroxyl groups is 1. The average molecular weight is 470 g/mol. The molecule has 0 saturated carbocycles. The van der Waals surface area contributed by atoms with Crippen LogP contribution in [-0.2, 0) is 27.9 Å². The van der Waals surface area contributed by atoms with Crippen molar-refractivity contribution < 1.29 is 19.4 Å². The summed E-state index contributed by atoms with van der Waals surface area (Å²) in [6, 6.07) is 15.3. The van der Waals surface area contributed by atoms with Gasteiger partial charge in [-0.25, -0.2) is 4.68 Å². The number of thioether (sulfide) groups is 1. The van der Waals surface area contributed by atoms with E-state index < -0.39 is 6.29 Å². The fourth-order valence-electron chi connectivity index (χ4n) is 3.74. The number of aliphatic hydroxyl groups excluding tert-OH is 1. The minimum absolute atomic E-state index is 0.00125. The molecule has 1 aromatic heterocycles. The maximum absolute atomic E-state index is 11.3. The number of ether oxygens (including phenoxy) is 2. The topological polar surface area (TPSA) is 111 Å². The fraction of sp³-hybridized carbons (Fsp3) is 0.391. The molecular weight excluding hydrogens is 442 g/mol. The third kappa shape index (κ3) is 5.59. The molecule has 2 aromatic carbocycles. The largest absolute Gasteiger partial charge is 0.392 e. The molecule has 1 saturated heterocycles. The zero-order valence-corrected chi connectivity index (χ0v) is 19.5. The smallest absolute Gasteiger partial charge is 0.221 e. The summed E-state index contributed by atoms with van der Waals surface area (Å²) < 4.78 is 14.5. The summed E-state index contributed by atoms with van der Waals surface area (Å²) >= 11 is 1.54. The van der Waals surface area contributed by atoms with Crippen LogP contribution >= 0.6 is 11.8 Å². The summed E-state index contributed by atoms with van der Waals surface area (Å²) in [4.78, 5) is 11.3. The summed E-state index contributed by atoms with van der Waals surface area (Å²) in [7, 11) is 1.81. The van der Waals surface area contributed by atoms with E-state index in [-0.39, 0.29) is 30.6 Å². The Hall–Kier alpha value is -2.79. The predicted molar refractivity (Wildman–Crippen MR) is 123 cm³/mol. The maximum atomic E-state index is 11.3. The minimum Gasteiger partial charge on any atom is -0.392 e. The van der Waals surface area contributed by atoms with Gasteiger partial charge < -0.3 is 19.9 Å². The highest BCUT2D eigenvalue weighted by Gasteiger charge is 2.38. The molecule has 4 atom stereocenters. The lowest BCUT2D eigenvalue weighted by atomic mass is 9.91. The van der Waals surface area contributed by atoms with Crippen LogP contribution in [0.5, 0.6) is 0 Å². The molecule has 0 aliphatic carbocycles. The predicted octanol–water partition coefficient (Wildman–Crippen LogP) is 3.24. The monoisotopic (exact) mass is 469 g/mol. The number of amides is 1. The van der Waals surface area contributed by atoms with E-state index >= 15 is 0 Å². The molecule has 9 nitrogen and oxygen atoms in total. The van der Waals surface area contributed by atoms with E-state index in [1.54, 1.807) is 4.68 Å². The second-order valence-electron chi connectivity index (χ2n) is 8.02. The lowest BCUT2D eigenvalue weighted by Gasteiger charge is -2.41. The Morgan fingerprint density at radius 1 is 1.12 bits per heavy atom. The van der Waals surface area contributed by atoms with Crippen LogP contribution < -0.4 is 5.32 Å². The van der Waals surface area contributed by atoms with Gasteiger partial charge in [-0.15, -0.1) is 5.10 Å². The first kappa shape index (κ1) is 23.4. The number of carbonyl (C=O) groups is 1. The van der Waals surface area contributed by atoms with Gasteiger partial charge in [-0.3, -0.25) is 4.79 Å². The van der Waals surface area contributed by atoms with Crippen LogP contribution in [0.2, 0.25) is 0 Å². The lowest BCUT2D eigenvalue weighted by molar-refractivity contribution is -0.268. The molecule has 3 aromatic rings. The van der Waals surface area contributed by atoms with Crippen molar-refractivity contribution in [3.8, 4) is 0 Å². The molecule has 2 N–H and O–H groups in total. The molecule has 1 aliphatic rings. The van der Waals surface area contributed by atoms with E-state index in [1.165, 1.54) is 18.7 Å². The molecule has 174 valence electrons. The van der Waals surface area contributed by atoms with Crippen LogP contribution in [-0.4, -0.2) is 43.1 Å². The van der Waals surface area contributed by atoms with Gasteiger partial charge in [0.15, 0.2) is 6.29 Å². The number of benzene rings is 2. The number of carbonyl (C=O) groups excluding carboxylic acids is 1. The van der Waals surface area contributed by atoms with Crippen molar-refractivity contribution in [2.45, 2.75) is 44.1 Å². The molecule has 4 unspecified atom stereocenters. The van der Waals surface area contributed by atoms with Crippen LogP contribution in [0.25, 0.3) is 0 Å². The number of tetrazole rings is 1. The molecule has 10 heteroatoms. The molecule has 2 heterocycles. The zero-order valence-electron chi connectivity index (χ0n) is 18.7. The molecule has 0 bridgehead atoms. The van der Waals surface area contributed by atoms with Gasteiger partial charge in [-0.1, -0.05) is 55.1 Å². The molecule has 1 aliphatic heterocycles. The van der Waals surface area contributed by atoms with Crippen molar-refractivity contribution in [2.24, 2.45) is 13.0 Å². The van der Waals surface area contributed by atoms with Gasteiger partial charge >= 0.3 is 0 Å². The van der Waals surface area contributed by atoms with Crippen molar-refractivity contribution >= 4 is 23.4 Å². The summed E-state index contributed by atoms with van der Waals surface area (Å²) in [6.45, 7) is 3.59. The molecule has 4 rings (SSSR count). The fourth-order valence-corrected chi connectivity index (χ4v) is 4.75. The number of aryl methyl sites for hydroxylation is 1. The van der Waals surface area contributed by atoms with Gasteiger partial charge in [-0.05, 0) is 33.7 Å². The number of nitrogens with zero attached hydrogens (tertiary/aromatic N) is 4. The average Bonchev–Trinajstić information content (AvgIpc) is 3.23. The highest BCUT2D eigenvalue weighted by Crippen LogP contribution is 2.42. The Morgan fingerprint density at radius 2 is 1.82 bits per heavy atom. The van der Waals surface area contributed by atoms with Crippen molar-refractivity contribution in [3.63, 3.8) is 0 Å². The van der Waals surface area contributed by atoms with E-state index in [0.29, 0.717) is 11.4 Å². The highest BCUT2D eigenvalue weighted by molar-refractivity contribution is 7.99. The summed E-state index contributed by atoms with van der Waals surface area (Å²) in [6.07, 6.45) is -0.893. The molecule has 0 radical (unpaired) electrons. The first-order chi connectivity index (χ1) is 15.9. The van der Waals surface area contributed by atoms with Crippen molar-refractivity contribution in [1.29, 1.82) is 0 Å². The zero-order chi connectivity index (χ0) is 23.4. The summed E-state index contributed by atoms with van der Waals surface area (Å²) in [5.41, 5.74) is 3.46. The summed E-state index contributed by atoms with van der Waals surface area (Å²) in [5, 5.41) is 24.5. The number of hydrogen-bond acceptors (Lipinski definition) is 8. The molecule has 0 spiro atoms. The van der Waals surface area contributed by atoms with Gasteiger partial charge in [-0.2, -0.15) is 0 Å². The first-order valence-electron chi connectivity index (χ1n) is 10.7. The van der Waals surface area contributed by atoms with Gasteiger partial charge in [0.05, 0.1) is 18.8 Å². The van der Waals surface area contributed by atoms with Crippen LogP contribution in [0.1, 0.15) is 42.9 Å². The van der Waals surface area contributed by atoms with Crippen LogP contribution in [0.15, 0.2) is 53.7 Å². The van der Waals surface area contributed by atoms with Crippen molar-refractivity contribution in [1.82, 2.24) is 20.2 Å². The SMILES string of the molecule is CC(=O)Nc1ccc(C2OC(CSc3nnnn3C)C(C)C(c3ccc(CO)cc3)O2)cc1. The highest BCUT2D eigenvalue weighted by atomic mass is 32.2. The van der Waals surface area contributed by atoms with E-state index in [0.717, 1.165) is 21.8 Å². The normalized spacial score (nSPS) is 22.8. The maximum Gasteiger partial charge on any atom is 0.221 e. The summed E-state index contributed by atoms with van der Waals surface area (Å²) in [5.74, 6) is 0.599. The third-order valence-electron chi connectivity index (χ3n) is 5.58. The Balaban J connectivity index is 1.57. The quantitative estimate of drug-likeness (QED) is 0.507. The third-order valence-corrected chi connectivity index (χ3v) is 6.68. The van der Waals surface area contributed by atoms with E-state index in [9.17, 15) is 9.90 Å². The number of aromatic nitrogens is 4. The van der Waals surface area contributed by atoms with Gasteiger partial charge in [0.2, 0.25) is 11.1 Å². The number of hydrogen-bond donors (Lipinski definition) is 2. The van der Waals surface area contributed by atoms with Crippen LogP contribution in [0, 0.1) is 5.92 Å². The van der Waals surface area contributed by atoms with Gasteiger partial charge in [0.1, 0.15) is 0 Å². The standard InChI is InChI=1S/C23H27N5O4S/c1-14-20(13-33-23-25-26-27-28(23)3)31-22(18-8-10-19(11-9-18)24-15(2)30)32-21(14)17-6-4-16(12-29)5-7-17/h4-11,14,20-22,29H,12-13H2,1-3H3,(H,24,30). The molecular formula is C23H27N5O4S. The van der Waals surface area contributed by atoms with Gasteiger partial charge in [0, 0.05) is 36.9 Å². The first-order valence-corrected chi connectivity index (χ1v) is 11.7. The van der Waals surface area contributed by atoms with Gasteiger partial charge in [0.25, 0.3) is 0 Å². The molecule has 33 heavy (non-hydrogen) atoms.